The number of nitrogens with two attached hydrogens (primary N) is 1. The van der Waals surface area contributed by atoms with Gasteiger partial charge in [0.15, 0.2) is 5.84 Å². The number of nitrogens with one attached hydrogen (secondary N) is 1. The van der Waals surface area contributed by atoms with Gasteiger partial charge >= 0.3 is 0 Å². The van der Waals surface area contributed by atoms with Gasteiger partial charge in [-0.2, -0.15) is 0 Å². The van der Waals surface area contributed by atoms with Crippen molar-refractivity contribution < 1.29 is 5.21 Å². The average Bonchev–Trinajstić information content (AvgIpc) is 2.59. The van der Waals surface area contributed by atoms with Gasteiger partial charge in [-0.25, -0.2) is 0 Å². The van der Waals surface area contributed by atoms with E-state index < -0.39 is 0 Å². The molecular weight excluding hydrogens is 266 g/mol. The highest BCUT2D eigenvalue weighted by Crippen LogP contribution is 2.21. The third-order valence-electron chi connectivity index (χ3n) is 1.77. The molecule has 0 aliphatic heterocycles. The van der Waals surface area contributed by atoms with Crippen LogP contribution in [-0.4, -0.2) is 17.1 Å². The molecule has 78 valence electrons. The van der Waals surface area contributed by atoms with Crippen LogP contribution >= 0.6 is 27.3 Å². The zero-order valence-electron chi connectivity index (χ0n) is 7.70. The lowest BCUT2D eigenvalue weighted by Crippen LogP contribution is -2.38. The molecule has 0 saturated heterocycles. The van der Waals surface area contributed by atoms with Crippen LogP contribution in [0.2, 0.25) is 0 Å². The zero-order chi connectivity index (χ0) is 10.6. The van der Waals surface area contributed by atoms with E-state index >= 15 is 0 Å². The third-order valence-corrected chi connectivity index (χ3v) is 3.39. The van der Waals surface area contributed by atoms with Crippen LogP contribution in [0.25, 0.3) is 0 Å². The number of rotatable bonds is 4. The number of hydrogen-bond acceptors (Lipinski definition) is 4. The normalized spacial score (nSPS) is 14.3. The van der Waals surface area contributed by atoms with Crippen LogP contribution in [-0.2, 0) is 6.54 Å². The first-order chi connectivity index (χ1) is 6.63. The van der Waals surface area contributed by atoms with Crippen molar-refractivity contribution in [1.82, 2.24) is 5.32 Å². The fourth-order valence-electron chi connectivity index (χ4n) is 0.892. The fourth-order valence-corrected chi connectivity index (χ4v) is 2.33. The van der Waals surface area contributed by atoms with Crippen LogP contribution in [0.1, 0.15) is 11.8 Å². The molecule has 1 atom stereocenters. The van der Waals surface area contributed by atoms with E-state index in [2.05, 4.69) is 26.4 Å². The van der Waals surface area contributed by atoms with Crippen molar-refractivity contribution in [2.24, 2.45) is 10.9 Å². The summed E-state index contributed by atoms with van der Waals surface area (Å²) in [5, 5.41) is 14.5. The Balaban J connectivity index is 2.41. The molecule has 0 bridgehead atoms. The van der Waals surface area contributed by atoms with Crippen molar-refractivity contribution in [2.45, 2.75) is 19.5 Å². The van der Waals surface area contributed by atoms with E-state index in [0.717, 1.165) is 3.79 Å². The first-order valence-corrected chi connectivity index (χ1v) is 5.69. The number of nitrogens with zero attached hydrogens (tertiary/aromatic N) is 1. The second-order valence-corrected chi connectivity index (χ2v) is 5.38. The Bertz CT molecular complexity index is 326. The highest BCUT2D eigenvalue weighted by molar-refractivity contribution is 9.11. The molecular formula is C8H12BrN3OS. The van der Waals surface area contributed by atoms with Crippen LogP contribution in [0, 0.1) is 0 Å². The minimum Gasteiger partial charge on any atom is -0.409 e. The van der Waals surface area contributed by atoms with Gasteiger partial charge in [0, 0.05) is 11.4 Å². The maximum absolute atomic E-state index is 8.42. The molecule has 0 saturated carbocycles. The molecule has 14 heavy (non-hydrogen) atoms. The van der Waals surface area contributed by atoms with Crippen molar-refractivity contribution in [3.05, 3.63) is 20.8 Å². The first-order valence-electron chi connectivity index (χ1n) is 4.08. The summed E-state index contributed by atoms with van der Waals surface area (Å²) in [5.74, 6) is 0.195. The Labute approximate surface area is 94.9 Å². The quantitative estimate of drug-likeness (QED) is 0.340. The van der Waals surface area contributed by atoms with Crippen molar-refractivity contribution >= 4 is 33.1 Å². The lowest BCUT2D eigenvalue weighted by atomic mass is 10.3. The van der Waals surface area contributed by atoms with E-state index in [-0.39, 0.29) is 11.9 Å². The molecule has 0 aliphatic carbocycles. The predicted octanol–water partition coefficient (Wildman–Crippen LogP) is 1.74. The Morgan fingerprint density at radius 2 is 2.50 bits per heavy atom. The monoisotopic (exact) mass is 277 g/mol. The summed E-state index contributed by atoms with van der Waals surface area (Å²) >= 11 is 5.04. The molecule has 0 amide bonds. The van der Waals surface area contributed by atoms with Crippen LogP contribution in [0.15, 0.2) is 21.1 Å². The van der Waals surface area contributed by atoms with E-state index in [1.54, 1.807) is 11.3 Å². The minimum atomic E-state index is -0.124. The molecule has 4 nitrogen and oxygen atoms in total. The summed E-state index contributed by atoms with van der Waals surface area (Å²) in [7, 11) is 0. The minimum absolute atomic E-state index is 0.124. The lowest BCUT2D eigenvalue weighted by Gasteiger charge is -2.10. The van der Waals surface area contributed by atoms with Crippen molar-refractivity contribution in [1.29, 1.82) is 0 Å². The summed E-state index contributed by atoms with van der Waals surface area (Å²) in [6.45, 7) is 2.56. The molecule has 6 heteroatoms. The Kier molecular flexibility index (Phi) is 4.37. The molecule has 4 N–H and O–H groups in total. The van der Waals surface area contributed by atoms with E-state index in [0.29, 0.717) is 6.54 Å². The Morgan fingerprint density at radius 3 is 3.00 bits per heavy atom. The van der Waals surface area contributed by atoms with Gasteiger partial charge in [-0.15, -0.1) is 11.3 Å². The van der Waals surface area contributed by atoms with E-state index in [4.69, 9.17) is 10.9 Å². The highest BCUT2D eigenvalue weighted by Gasteiger charge is 2.06. The topological polar surface area (TPSA) is 70.6 Å². The van der Waals surface area contributed by atoms with Gasteiger partial charge in [-0.3, -0.25) is 0 Å². The Morgan fingerprint density at radius 1 is 1.79 bits per heavy atom. The maximum atomic E-state index is 8.42. The summed E-state index contributed by atoms with van der Waals surface area (Å²) in [5.41, 5.74) is 5.42. The highest BCUT2D eigenvalue weighted by atomic mass is 79.9. The lowest BCUT2D eigenvalue weighted by molar-refractivity contribution is 0.315. The molecule has 1 unspecified atom stereocenters. The van der Waals surface area contributed by atoms with E-state index in [1.807, 2.05) is 19.1 Å². The number of amidine groups is 1. The number of thiophene rings is 1. The van der Waals surface area contributed by atoms with Crippen molar-refractivity contribution in [2.75, 3.05) is 0 Å². The van der Waals surface area contributed by atoms with Crippen LogP contribution in [0.3, 0.4) is 0 Å². The number of hydrogen-bond donors (Lipinski definition) is 3. The number of oxime groups is 1. The Hall–Kier alpha value is -0.590. The third kappa shape index (κ3) is 3.28. The van der Waals surface area contributed by atoms with E-state index in [1.165, 1.54) is 4.88 Å². The second kappa shape index (κ2) is 5.33. The fraction of sp³-hybridized carbons (Fsp3) is 0.375. The van der Waals surface area contributed by atoms with Crippen LogP contribution < -0.4 is 11.1 Å². The summed E-state index contributed by atoms with van der Waals surface area (Å²) < 4.78 is 1.10. The van der Waals surface area contributed by atoms with Gasteiger partial charge in [-0.1, -0.05) is 5.16 Å². The molecule has 1 heterocycles. The molecule has 0 fully saturated rings. The van der Waals surface area contributed by atoms with Gasteiger partial charge in [0.2, 0.25) is 0 Å². The summed E-state index contributed by atoms with van der Waals surface area (Å²) in [4.78, 5) is 1.20. The number of halogens is 1. The van der Waals surface area contributed by atoms with Gasteiger partial charge in [0.25, 0.3) is 0 Å². The van der Waals surface area contributed by atoms with Gasteiger partial charge in [0.05, 0.1) is 9.83 Å². The smallest absolute Gasteiger partial charge is 0.156 e. The largest absolute Gasteiger partial charge is 0.409 e. The summed E-state index contributed by atoms with van der Waals surface area (Å²) in [6.07, 6.45) is 0. The van der Waals surface area contributed by atoms with Crippen molar-refractivity contribution in [3.63, 3.8) is 0 Å². The second-order valence-electron chi connectivity index (χ2n) is 2.83. The SMILES string of the molecule is CC(NCc1ccc(Br)s1)C(N)=NO. The molecule has 0 aliphatic rings. The van der Waals surface area contributed by atoms with Crippen LogP contribution in [0.5, 0.6) is 0 Å². The molecule has 1 aromatic rings. The van der Waals surface area contributed by atoms with Crippen LogP contribution in [0.4, 0.5) is 0 Å². The van der Waals surface area contributed by atoms with Gasteiger partial charge in [0.1, 0.15) is 0 Å². The van der Waals surface area contributed by atoms with Crippen molar-refractivity contribution in [3.8, 4) is 0 Å². The molecule has 0 radical (unpaired) electrons. The maximum Gasteiger partial charge on any atom is 0.156 e. The summed E-state index contributed by atoms with van der Waals surface area (Å²) in [6, 6.07) is 3.90. The molecule has 0 spiro atoms. The van der Waals surface area contributed by atoms with Gasteiger partial charge < -0.3 is 16.3 Å². The zero-order valence-corrected chi connectivity index (χ0v) is 10.1. The first kappa shape index (κ1) is 11.5. The molecule has 0 aromatic carbocycles. The van der Waals surface area contributed by atoms with E-state index in [9.17, 15) is 0 Å². The standard InChI is InChI=1S/C8H12BrN3OS/c1-5(8(10)12-13)11-4-6-2-3-7(9)14-6/h2-3,5,11,13H,4H2,1H3,(H2,10,12). The molecule has 1 aromatic heterocycles. The molecule has 1 rings (SSSR count). The predicted molar refractivity (Wildman–Crippen MR) is 61.7 cm³/mol. The van der Waals surface area contributed by atoms with Gasteiger partial charge in [-0.05, 0) is 35.0 Å². The average molecular weight is 278 g/mol.